The van der Waals surface area contributed by atoms with E-state index in [1.165, 1.54) is 0 Å². The SMILES string of the molecule is CN(C1=NCc2cc3c(cc21)C(CCO)OC(=O)C3)c1ccnn1C. The third kappa shape index (κ3) is 2.60. The van der Waals surface area contributed by atoms with E-state index >= 15 is 0 Å². The lowest BCUT2D eigenvalue weighted by Crippen LogP contribution is -2.29. The van der Waals surface area contributed by atoms with Crippen molar-refractivity contribution in [1.29, 1.82) is 0 Å². The highest BCUT2D eigenvalue weighted by atomic mass is 16.5. The Morgan fingerprint density at radius 3 is 2.96 bits per heavy atom. The van der Waals surface area contributed by atoms with Crippen LogP contribution in [-0.4, -0.2) is 40.3 Å². The molecule has 0 saturated carbocycles. The second kappa shape index (κ2) is 6.00. The number of cyclic esters (lactones) is 1. The molecule has 130 valence electrons. The number of esters is 1. The highest BCUT2D eigenvalue weighted by Crippen LogP contribution is 2.35. The van der Waals surface area contributed by atoms with Crippen LogP contribution in [0.2, 0.25) is 0 Å². The number of rotatable bonds is 3. The lowest BCUT2D eigenvalue weighted by atomic mass is 9.91. The summed E-state index contributed by atoms with van der Waals surface area (Å²) < 4.78 is 7.23. The van der Waals surface area contributed by atoms with Gasteiger partial charge in [-0.25, -0.2) is 0 Å². The van der Waals surface area contributed by atoms with E-state index in [-0.39, 0.29) is 19.0 Å². The monoisotopic (exact) mass is 340 g/mol. The van der Waals surface area contributed by atoms with E-state index in [9.17, 15) is 9.90 Å². The Morgan fingerprint density at radius 1 is 1.40 bits per heavy atom. The number of aromatic nitrogens is 2. The van der Waals surface area contributed by atoms with Gasteiger partial charge in [0, 0.05) is 38.8 Å². The number of aliphatic hydroxyl groups is 1. The molecule has 0 fully saturated rings. The van der Waals surface area contributed by atoms with Gasteiger partial charge in [0.1, 0.15) is 17.8 Å². The number of aliphatic hydroxyl groups excluding tert-OH is 1. The first-order valence-corrected chi connectivity index (χ1v) is 8.31. The zero-order valence-corrected chi connectivity index (χ0v) is 14.3. The number of aliphatic imine (C=N–C) groups is 1. The lowest BCUT2D eigenvalue weighted by Gasteiger charge is -2.27. The number of carbonyl (C=O) groups excluding carboxylic acids is 1. The molecule has 0 bridgehead atoms. The molecule has 0 aliphatic carbocycles. The lowest BCUT2D eigenvalue weighted by molar-refractivity contribution is -0.151. The van der Waals surface area contributed by atoms with Crippen LogP contribution < -0.4 is 4.90 Å². The van der Waals surface area contributed by atoms with Crippen LogP contribution in [0.1, 0.15) is 34.8 Å². The van der Waals surface area contributed by atoms with Gasteiger partial charge in [0.15, 0.2) is 0 Å². The second-order valence-electron chi connectivity index (χ2n) is 6.39. The van der Waals surface area contributed by atoms with Gasteiger partial charge in [0.05, 0.1) is 19.2 Å². The van der Waals surface area contributed by atoms with Crippen molar-refractivity contribution in [3.05, 3.63) is 46.6 Å². The molecule has 3 heterocycles. The Hall–Kier alpha value is -2.67. The van der Waals surface area contributed by atoms with Gasteiger partial charge in [-0.2, -0.15) is 5.10 Å². The first kappa shape index (κ1) is 15.8. The number of fused-ring (bicyclic) bond motifs is 2. The van der Waals surface area contributed by atoms with Crippen molar-refractivity contribution < 1.29 is 14.6 Å². The fourth-order valence-electron chi connectivity index (χ4n) is 3.59. The van der Waals surface area contributed by atoms with Crippen LogP contribution in [0.15, 0.2) is 29.4 Å². The summed E-state index contributed by atoms with van der Waals surface area (Å²) >= 11 is 0. The maximum Gasteiger partial charge on any atom is 0.310 e. The van der Waals surface area contributed by atoms with Crippen molar-refractivity contribution in [3.63, 3.8) is 0 Å². The molecule has 2 aliphatic heterocycles. The van der Waals surface area contributed by atoms with Gasteiger partial charge in [-0.05, 0) is 22.8 Å². The molecule has 2 aliphatic rings. The van der Waals surface area contributed by atoms with Crippen LogP contribution in [0.5, 0.6) is 0 Å². The first-order chi connectivity index (χ1) is 12.1. The van der Waals surface area contributed by atoms with Gasteiger partial charge in [0.25, 0.3) is 0 Å². The molecule has 1 aromatic heterocycles. The molecule has 25 heavy (non-hydrogen) atoms. The molecule has 1 unspecified atom stereocenters. The normalized spacial score (nSPS) is 18.4. The number of nitrogens with zero attached hydrogens (tertiary/aromatic N) is 4. The third-order valence-electron chi connectivity index (χ3n) is 4.81. The largest absolute Gasteiger partial charge is 0.457 e. The highest BCUT2D eigenvalue weighted by molar-refractivity contribution is 6.11. The van der Waals surface area contributed by atoms with Crippen molar-refractivity contribution in [2.75, 3.05) is 18.6 Å². The summed E-state index contributed by atoms with van der Waals surface area (Å²) in [6.07, 6.45) is 2.04. The van der Waals surface area contributed by atoms with Gasteiger partial charge >= 0.3 is 5.97 Å². The average Bonchev–Trinajstić information content (AvgIpc) is 3.18. The van der Waals surface area contributed by atoms with E-state index in [0.717, 1.165) is 33.9 Å². The number of anilines is 1. The van der Waals surface area contributed by atoms with E-state index in [1.807, 2.05) is 25.1 Å². The summed E-state index contributed by atoms with van der Waals surface area (Å²) in [5.41, 5.74) is 4.11. The van der Waals surface area contributed by atoms with E-state index in [4.69, 9.17) is 4.74 Å². The third-order valence-corrected chi connectivity index (χ3v) is 4.81. The van der Waals surface area contributed by atoms with Crippen LogP contribution in [0.25, 0.3) is 0 Å². The summed E-state index contributed by atoms with van der Waals surface area (Å²) in [6, 6.07) is 6.06. The molecule has 7 nitrogen and oxygen atoms in total. The smallest absolute Gasteiger partial charge is 0.310 e. The number of hydrogen-bond acceptors (Lipinski definition) is 6. The van der Waals surface area contributed by atoms with Crippen molar-refractivity contribution in [1.82, 2.24) is 9.78 Å². The second-order valence-corrected chi connectivity index (χ2v) is 6.39. The van der Waals surface area contributed by atoms with Gasteiger partial charge in [0.2, 0.25) is 0 Å². The molecular formula is C18H20N4O3. The Kier molecular flexibility index (Phi) is 3.80. The maximum absolute atomic E-state index is 11.8. The quantitative estimate of drug-likeness (QED) is 0.853. The molecule has 2 aromatic rings. The molecule has 1 aromatic carbocycles. The molecule has 1 atom stereocenters. The molecule has 1 N–H and O–H groups in total. The summed E-state index contributed by atoms with van der Waals surface area (Å²) in [5.74, 6) is 1.58. The van der Waals surface area contributed by atoms with Crippen LogP contribution in [0.4, 0.5) is 5.82 Å². The van der Waals surface area contributed by atoms with E-state index < -0.39 is 6.10 Å². The zero-order chi connectivity index (χ0) is 17.6. The predicted octanol–water partition coefficient (Wildman–Crippen LogP) is 1.34. The molecule has 0 radical (unpaired) electrons. The van der Waals surface area contributed by atoms with Gasteiger partial charge in [-0.3, -0.25) is 14.5 Å². The van der Waals surface area contributed by atoms with Crippen molar-refractivity contribution in [3.8, 4) is 0 Å². The molecule has 0 spiro atoms. The number of ether oxygens (including phenoxy) is 1. The molecule has 0 amide bonds. The Balaban J connectivity index is 1.74. The number of aryl methyl sites for hydroxylation is 1. The number of amidine groups is 1. The summed E-state index contributed by atoms with van der Waals surface area (Å²) in [5, 5.41) is 13.5. The molecule has 7 heteroatoms. The van der Waals surface area contributed by atoms with Crippen molar-refractivity contribution >= 4 is 17.6 Å². The highest BCUT2D eigenvalue weighted by Gasteiger charge is 2.30. The summed E-state index contributed by atoms with van der Waals surface area (Å²) in [6.45, 7) is 0.574. The number of hydrogen-bond donors (Lipinski definition) is 1. The number of carbonyl (C=O) groups is 1. The molecule has 4 rings (SSSR count). The van der Waals surface area contributed by atoms with E-state index in [2.05, 4.69) is 22.2 Å². The molecule has 0 saturated heterocycles. The summed E-state index contributed by atoms with van der Waals surface area (Å²) in [7, 11) is 3.86. The van der Waals surface area contributed by atoms with Crippen molar-refractivity contribution in [2.45, 2.75) is 25.5 Å². The minimum atomic E-state index is -0.393. The summed E-state index contributed by atoms with van der Waals surface area (Å²) in [4.78, 5) is 18.5. The fourth-order valence-corrected chi connectivity index (χ4v) is 3.59. The van der Waals surface area contributed by atoms with E-state index in [1.54, 1.807) is 10.9 Å². The molecular weight excluding hydrogens is 320 g/mol. The fraction of sp³-hybridized carbons (Fsp3) is 0.389. The Bertz CT molecular complexity index is 871. The Labute approximate surface area is 145 Å². The maximum atomic E-state index is 11.8. The van der Waals surface area contributed by atoms with Crippen LogP contribution in [0, 0.1) is 0 Å². The minimum Gasteiger partial charge on any atom is -0.457 e. The van der Waals surface area contributed by atoms with Gasteiger partial charge in [-0.15, -0.1) is 0 Å². The number of benzene rings is 1. The van der Waals surface area contributed by atoms with E-state index in [0.29, 0.717) is 13.0 Å². The van der Waals surface area contributed by atoms with Gasteiger partial charge < -0.3 is 14.7 Å². The standard InChI is InChI=1S/C18H20N4O3/c1-21(16-3-5-20-22(16)2)18-14-9-13-11(7-12(14)10-19-18)8-17(24)25-15(13)4-6-23/h3,5,7,9,15,23H,4,6,8,10H2,1-2H3. The topological polar surface area (TPSA) is 80.0 Å². The van der Waals surface area contributed by atoms with Crippen LogP contribution >= 0.6 is 0 Å². The zero-order valence-electron chi connectivity index (χ0n) is 14.3. The minimum absolute atomic E-state index is 0.0235. The van der Waals surface area contributed by atoms with Crippen LogP contribution in [-0.2, 0) is 29.5 Å². The van der Waals surface area contributed by atoms with Gasteiger partial charge in [-0.1, -0.05) is 6.07 Å². The van der Waals surface area contributed by atoms with Crippen molar-refractivity contribution in [2.24, 2.45) is 12.0 Å². The Morgan fingerprint density at radius 2 is 2.24 bits per heavy atom. The average molecular weight is 340 g/mol. The first-order valence-electron chi connectivity index (χ1n) is 8.31. The predicted molar refractivity (Wildman–Crippen MR) is 92.5 cm³/mol. The van der Waals surface area contributed by atoms with Crippen LogP contribution in [0.3, 0.4) is 0 Å².